The van der Waals surface area contributed by atoms with Crippen LogP contribution in [0.15, 0.2) is 69.3 Å². The Morgan fingerprint density at radius 2 is 2.12 bits per heavy atom. The van der Waals surface area contributed by atoms with Gasteiger partial charge in [0.05, 0.1) is 11.9 Å². The Bertz CT molecular complexity index is 874. The van der Waals surface area contributed by atoms with E-state index in [4.69, 9.17) is 4.42 Å². The molecule has 4 nitrogen and oxygen atoms in total. The smallest absolute Gasteiger partial charge is 0.204 e. The van der Waals surface area contributed by atoms with Gasteiger partial charge < -0.3 is 14.5 Å². The molecule has 0 saturated carbocycles. The molecule has 174 valence electrons. The number of fused-ring (bicyclic) bond motifs is 1. The second-order valence-electron chi connectivity index (χ2n) is 8.22. The standard InChI is InChI=1S/C13H14O.C12H18N2OS.C2H6/c14-9-8-11-6-7-12-4-2-1-3-5-13(12)10-11;1-8(2)11-6-14-12(15-11)7-16-10-4-9(3)13-5-10;1-2/h1,3-7,9,11H,2,8,10H2;5-6,8-9,13H,4,7H2,1-3H3;1-2H3. The summed E-state index contributed by atoms with van der Waals surface area (Å²) in [5.74, 6) is 3.45. The Hall–Kier alpha value is -2.27. The fourth-order valence-corrected chi connectivity index (χ4v) is 4.45. The van der Waals surface area contributed by atoms with Gasteiger partial charge in [-0.1, -0.05) is 64.2 Å². The monoisotopic (exact) mass is 454 g/mol. The molecule has 0 saturated heterocycles. The zero-order valence-electron chi connectivity index (χ0n) is 20.1. The first-order valence-corrected chi connectivity index (χ1v) is 12.7. The summed E-state index contributed by atoms with van der Waals surface area (Å²) in [5.41, 5.74) is 2.70. The zero-order chi connectivity index (χ0) is 23.3. The molecular weight excluding hydrogens is 416 g/mol. The van der Waals surface area contributed by atoms with E-state index < -0.39 is 0 Å². The van der Waals surface area contributed by atoms with Crippen molar-refractivity contribution >= 4 is 18.0 Å². The highest BCUT2D eigenvalue weighted by Gasteiger charge is 2.15. The number of hydrogen-bond acceptors (Lipinski definition) is 5. The van der Waals surface area contributed by atoms with Crippen LogP contribution in [-0.4, -0.2) is 17.3 Å². The minimum absolute atomic E-state index is 0.405. The summed E-state index contributed by atoms with van der Waals surface area (Å²) in [7, 11) is 0. The summed E-state index contributed by atoms with van der Waals surface area (Å²) < 4.78 is 5.65. The van der Waals surface area contributed by atoms with E-state index in [0.717, 1.165) is 43.0 Å². The van der Waals surface area contributed by atoms with Gasteiger partial charge in [-0.25, -0.2) is 4.98 Å². The van der Waals surface area contributed by atoms with Crippen molar-refractivity contribution in [3.63, 3.8) is 0 Å². The predicted octanol–water partition coefficient (Wildman–Crippen LogP) is 7.24. The fraction of sp³-hybridized carbons (Fsp3) is 0.481. The predicted molar refractivity (Wildman–Crippen MR) is 136 cm³/mol. The minimum Gasteiger partial charge on any atom is -0.445 e. The minimum atomic E-state index is 0.405. The van der Waals surface area contributed by atoms with E-state index in [-0.39, 0.29) is 0 Å². The normalized spacial score (nSPS) is 21.0. The van der Waals surface area contributed by atoms with Crippen LogP contribution in [0.5, 0.6) is 0 Å². The van der Waals surface area contributed by atoms with Crippen molar-refractivity contribution in [2.45, 2.75) is 78.0 Å². The van der Waals surface area contributed by atoms with E-state index in [0.29, 0.717) is 24.3 Å². The number of hydrogen-bond donors (Lipinski definition) is 1. The molecule has 0 aromatic carbocycles. The Labute approximate surface area is 198 Å². The summed E-state index contributed by atoms with van der Waals surface area (Å²) >= 11 is 1.81. The first-order chi connectivity index (χ1) is 15.5. The number of aldehydes is 1. The zero-order valence-corrected chi connectivity index (χ0v) is 21.0. The number of oxazole rings is 1. The molecule has 2 aliphatic carbocycles. The van der Waals surface area contributed by atoms with E-state index in [2.05, 4.69) is 73.7 Å². The number of carbonyl (C=O) groups is 1. The number of aromatic nitrogens is 1. The molecule has 0 radical (unpaired) electrons. The van der Waals surface area contributed by atoms with Crippen LogP contribution in [0.4, 0.5) is 0 Å². The average molecular weight is 455 g/mol. The molecule has 2 unspecified atom stereocenters. The van der Waals surface area contributed by atoms with Gasteiger partial charge in [-0.3, -0.25) is 0 Å². The lowest BCUT2D eigenvalue weighted by atomic mass is 9.86. The van der Waals surface area contributed by atoms with Crippen molar-refractivity contribution < 1.29 is 9.21 Å². The third kappa shape index (κ3) is 8.34. The molecule has 1 N–H and O–H groups in total. The molecule has 5 heteroatoms. The van der Waals surface area contributed by atoms with E-state index in [9.17, 15) is 4.79 Å². The van der Waals surface area contributed by atoms with Gasteiger partial charge in [0.25, 0.3) is 0 Å². The second-order valence-corrected chi connectivity index (χ2v) is 9.32. The highest BCUT2D eigenvalue weighted by atomic mass is 32.2. The molecule has 1 aromatic heterocycles. The number of carbonyl (C=O) groups excluding carboxylic acids is 1. The molecular formula is C27H38N2O2S. The SMILES string of the molecule is CC.CC1CC(SCc2ncc(C(C)C)o2)=CN1.O=CCC1C=CC2=CCC=CC=C2C1. The topological polar surface area (TPSA) is 55.1 Å². The molecule has 0 spiro atoms. The number of thioether (sulfide) groups is 1. The lowest BCUT2D eigenvalue weighted by molar-refractivity contribution is -0.108. The van der Waals surface area contributed by atoms with Crippen molar-refractivity contribution in [1.82, 2.24) is 10.3 Å². The highest BCUT2D eigenvalue weighted by Crippen LogP contribution is 2.30. The van der Waals surface area contributed by atoms with Crippen LogP contribution in [-0.2, 0) is 10.5 Å². The van der Waals surface area contributed by atoms with Gasteiger partial charge in [-0.05, 0) is 43.3 Å². The first-order valence-electron chi connectivity index (χ1n) is 11.8. The molecule has 0 bridgehead atoms. The first kappa shape index (κ1) is 26.0. The number of nitrogens with zero attached hydrogens (tertiary/aromatic N) is 1. The quantitative estimate of drug-likeness (QED) is 0.459. The van der Waals surface area contributed by atoms with E-state index in [1.807, 2.05) is 31.8 Å². The van der Waals surface area contributed by atoms with Gasteiger partial charge in [-0.15, -0.1) is 11.8 Å². The van der Waals surface area contributed by atoms with Crippen LogP contribution < -0.4 is 5.32 Å². The maximum absolute atomic E-state index is 10.4. The summed E-state index contributed by atoms with van der Waals surface area (Å²) in [6, 6.07) is 0.568. The lowest BCUT2D eigenvalue weighted by Crippen LogP contribution is -2.12. The van der Waals surface area contributed by atoms with Crippen molar-refractivity contribution in [2.24, 2.45) is 5.92 Å². The Balaban J connectivity index is 0.000000212. The van der Waals surface area contributed by atoms with Crippen LogP contribution in [0.1, 0.15) is 77.9 Å². The van der Waals surface area contributed by atoms with Crippen molar-refractivity contribution in [3.8, 4) is 0 Å². The van der Waals surface area contributed by atoms with Crippen LogP contribution in [0.25, 0.3) is 0 Å². The molecule has 2 atom stereocenters. The molecule has 0 fully saturated rings. The Morgan fingerprint density at radius 3 is 2.78 bits per heavy atom. The average Bonchev–Trinajstić information content (AvgIpc) is 3.38. The fourth-order valence-electron chi connectivity index (χ4n) is 3.49. The molecule has 2 heterocycles. The summed E-state index contributed by atoms with van der Waals surface area (Å²) in [6.07, 6.45) is 21.7. The van der Waals surface area contributed by atoms with Gasteiger partial charge in [-0.2, -0.15) is 0 Å². The van der Waals surface area contributed by atoms with E-state index >= 15 is 0 Å². The van der Waals surface area contributed by atoms with Gasteiger partial charge in [0.1, 0.15) is 12.0 Å². The van der Waals surface area contributed by atoms with Crippen LogP contribution in [0.3, 0.4) is 0 Å². The lowest BCUT2D eigenvalue weighted by Gasteiger charge is -2.18. The van der Waals surface area contributed by atoms with Gasteiger partial charge in [0.2, 0.25) is 5.89 Å². The molecule has 1 aromatic rings. The second kappa shape index (κ2) is 14.0. The summed E-state index contributed by atoms with van der Waals surface area (Å²) in [5, 5.41) is 3.30. The van der Waals surface area contributed by atoms with Crippen molar-refractivity contribution in [2.75, 3.05) is 0 Å². The maximum atomic E-state index is 10.4. The van der Waals surface area contributed by atoms with Gasteiger partial charge in [0.15, 0.2) is 0 Å². The van der Waals surface area contributed by atoms with E-state index in [1.54, 1.807) is 0 Å². The molecule has 3 aliphatic rings. The Kier molecular flexibility index (Phi) is 11.4. The summed E-state index contributed by atoms with van der Waals surface area (Å²) in [6.45, 7) is 10.4. The third-order valence-electron chi connectivity index (χ3n) is 5.26. The molecule has 32 heavy (non-hydrogen) atoms. The van der Waals surface area contributed by atoms with Gasteiger partial charge >= 0.3 is 0 Å². The highest BCUT2D eigenvalue weighted by molar-refractivity contribution is 8.02. The van der Waals surface area contributed by atoms with E-state index in [1.165, 1.54) is 16.1 Å². The number of rotatable bonds is 6. The van der Waals surface area contributed by atoms with Gasteiger partial charge in [0, 0.05) is 29.5 Å². The molecule has 1 aliphatic heterocycles. The van der Waals surface area contributed by atoms with Crippen LogP contribution in [0.2, 0.25) is 0 Å². The van der Waals surface area contributed by atoms with Crippen LogP contribution >= 0.6 is 11.8 Å². The number of nitrogens with one attached hydrogen (secondary N) is 1. The molecule has 4 rings (SSSR count). The third-order valence-corrected chi connectivity index (χ3v) is 6.31. The maximum Gasteiger partial charge on any atom is 0.204 e. The number of allylic oxidation sites excluding steroid dienone is 8. The largest absolute Gasteiger partial charge is 0.445 e. The Morgan fingerprint density at radius 1 is 1.31 bits per heavy atom. The van der Waals surface area contributed by atoms with Crippen molar-refractivity contribution in [1.29, 1.82) is 0 Å². The summed E-state index contributed by atoms with van der Waals surface area (Å²) in [4.78, 5) is 16.1. The molecule has 0 amide bonds. The van der Waals surface area contributed by atoms with Crippen LogP contribution in [0, 0.1) is 5.92 Å². The van der Waals surface area contributed by atoms with Crippen molar-refractivity contribution in [3.05, 3.63) is 76.6 Å².